The molecule has 2 nitrogen and oxygen atoms in total. The molecule has 1 heterocycles. The summed E-state index contributed by atoms with van der Waals surface area (Å²) < 4.78 is 5.96. The van der Waals surface area contributed by atoms with Crippen LogP contribution in [-0.2, 0) is 4.74 Å². The van der Waals surface area contributed by atoms with E-state index in [9.17, 15) is 0 Å². The molecule has 1 aromatic carbocycles. The highest BCUT2D eigenvalue weighted by molar-refractivity contribution is 5.64. The van der Waals surface area contributed by atoms with Crippen molar-refractivity contribution < 1.29 is 4.74 Å². The molecular formula is C13H17NO. The smallest absolute Gasteiger partial charge is 0.177 e. The van der Waals surface area contributed by atoms with Crippen LogP contribution in [0.3, 0.4) is 0 Å². The highest BCUT2D eigenvalue weighted by Crippen LogP contribution is 2.37. The summed E-state index contributed by atoms with van der Waals surface area (Å²) >= 11 is 0. The minimum absolute atomic E-state index is 0.241. The molecule has 0 unspecified atom stereocenters. The zero-order valence-electron chi connectivity index (χ0n) is 9.74. The predicted molar refractivity (Wildman–Crippen MR) is 62.0 cm³/mol. The molecule has 1 aliphatic rings. The third kappa shape index (κ3) is 1.60. The molecule has 1 aliphatic heterocycles. The Morgan fingerprint density at radius 2 is 1.73 bits per heavy atom. The van der Waals surface area contributed by atoms with Crippen LogP contribution < -0.4 is 0 Å². The second kappa shape index (κ2) is 3.30. The van der Waals surface area contributed by atoms with E-state index in [2.05, 4.69) is 44.9 Å². The molecule has 0 fully saturated rings. The van der Waals surface area contributed by atoms with Crippen LogP contribution in [0.25, 0.3) is 5.76 Å². The summed E-state index contributed by atoms with van der Waals surface area (Å²) in [7, 11) is 2.06. The zero-order valence-corrected chi connectivity index (χ0v) is 9.74. The molecule has 0 spiro atoms. The van der Waals surface area contributed by atoms with Crippen molar-refractivity contribution in [2.45, 2.75) is 26.5 Å². The van der Waals surface area contributed by atoms with Crippen molar-refractivity contribution in [1.29, 1.82) is 0 Å². The Morgan fingerprint density at radius 3 is 2.20 bits per heavy atom. The lowest BCUT2D eigenvalue weighted by atomic mass is 10.1. The Kier molecular flexibility index (Phi) is 2.22. The molecule has 0 amide bonds. The van der Waals surface area contributed by atoms with E-state index >= 15 is 0 Å². The highest BCUT2D eigenvalue weighted by Gasteiger charge is 2.35. The Morgan fingerprint density at radius 1 is 1.13 bits per heavy atom. The van der Waals surface area contributed by atoms with Gasteiger partial charge in [-0.05, 0) is 20.8 Å². The normalized spacial score (nSPS) is 19.3. The van der Waals surface area contributed by atoms with E-state index < -0.39 is 0 Å². The monoisotopic (exact) mass is 203 g/mol. The Labute approximate surface area is 91.2 Å². The number of hydrogen-bond acceptors (Lipinski definition) is 2. The van der Waals surface area contributed by atoms with Crippen LogP contribution in [0, 0.1) is 0 Å². The summed E-state index contributed by atoms with van der Waals surface area (Å²) in [5.74, 6) is 0.989. The summed E-state index contributed by atoms with van der Waals surface area (Å²) in [5, 5.41) is 0. The summed E-state index contributed by atoms with van der Waals surface area (Å²) in [6, 6.07) is 10.2. The Bertz CT molecular complexity index is 392. The van der Waals surface area contributed by atoms with Crippen LogP contribution >= 0.6 is 0 Å². The maximum absolute atomic E-state index is 5.96. The van der Waals surface area contributed by atoms with Gasteiger partial charge in [-0.3, -0.25) is 0 Å². The lowest BCUT2D eigenvalue weighted by Gasteiger charge is -2.29. The van der Waals surface area contributed by atoms with Gasteiger partial charge < -0.3 is 9.64 Å². The minimum atomic E-state index is -0.241. The van der Waals surface area contributed by atoms with Crippen LogP contribution in [0.4, 0.5) is 0 Å². The topological polar surface area (TPSA) is 12.5 Å². The Hall–Kier alpha value is -1.44. The average molecular weight is 203 g/mol. The number of nitrogens with zero attached hydrogens (tertiary/aromatic N) is 1. The molecule has 2 rings (SSSR count). The van der Waals surface area contributed by atoms with Crippen molar-refractivity contribution in [3.05, 3.63) is 41.6 Å². The quantitative estimate of drug-likeness (QED) is 0.695. The first-order valence-electron chi connectivity index (χ1n) is 5.21. The third-order valence-corrected chi connectivity index (χ3v) is 3.03. The standard InChI is InChI=1S/C13H17NO/c1-10-12(11-8-6-5-7-9-11)15-13(2,3)14(10)4/h5-9H,1-4H3. The van der Waals surface area contributed by atoms with Crippen LogP contribution in [0.2, 0.25) is 0 Å². The van der Waals surface area contributed by atoms with E-state index in [-0.39, 0.29) is 5.72 Å². The van der Waals surface area contributed by atoms with Gasteiger partial charge in [0, 0.05) is 12.6 Å². The molecule has 0 saturated heterocycles. The third-order valence-electron chi connectivity index (χ3n) is 3.03. The fourth-order valence-corrected chi connectivity index (χ4v) is 1.81. The van der Waals surface area contributed by atoms with Crippen molar-refractivity contribution in [1.82, 2.24) is 4.90 Å². The van der Waals surface area contributed by atoms with Crippen molar-refractivity contribution >= 4 is 5.76 Å². The van der Waals surface area contributed by atoms with Crippen LogP contribution in [0.1, 0.15) is 26.3 Å². The molecule has 1 aromatic rings. The van der Waals surface area contributed by atoms with Gasteiger partial charge in [0.1, 0.15) is 5.76 Å². The fraction of sp³-hybridized carbons (Fsp3) is 0.385. The first-order valence-corrected chi connectivity index (χ1v) is 5.21. The van der Waals surface area contributed by atoms with E-state index in [1.165, 1.54) is 5.70 Å². The summed E-state index contributed by atoms with van der Waals surface area (Å²) in [5.41, 5.74) is 2.09. The molecule has 2 heteroatoms. The average Bonchev–Trinajstić information content (AvgIpc) is 2.44. The van der Waals surface area contributed by atoms with E-state index in [1.54, 1.807) is 0 Å². The van der Waals surface area contributed by atoms with E-state index in [0.29, 0.717) is 0 Å². The van der Waals surface area contributed by atoms with Crippen LogP contribution in [-0.4, -0.2) is 17.7 Å². The second-order valence-electron chi connectivity index (χ2n) is 4.39. The molecule has 15 heavy (non-hydrogen) atoms. The summed E-state index contributed by atoms with van der Waals surface area (Å²) in [4.78, 5) is 2.16. The molecule has 0 N–H and O–H groups in total. The van der Waals surface area contributed by atoms with Crippen molar-refractivity contribution in [3.63, 3.8) is 0 Å². The number of hydrogen-bond donors (Lipinski definition) is 0. The van der Waals surface area contributed by atoms with Crippen molar-refractivity contribution in [3.8, 4) is 0 Å². The number of benzene rings is 1. The van der Waals surface area contributed by atoms with Crippen molar-refractivity contribution in [2.75, 3.05) is 7.05 Å². The first-order chi connectivity index (χ1) is 7.02. The first kappa shape index (κ1) is 10.1. The molecule has 0 atom stereocenters. The van der Waals surface area contributed by atoms with Gasteiger partial charge >= 0.3 is 0 Å². The number of ether oxygens (including phenoxy) is 1. The van der Waals surface area contributed by atoms with Gasteiger partial charge in [-0.2, -0.15) is 0 Å². The summed E-state index contributed by atoms with van der Waals surface area (Å²) in [6.07, 6.45) is 0. The van der Waals surface area contributed by atoms with Gasteiger partial charge in [-0.25, -0.2) is 0 Å². The van der Waals surface area contributed by atoms with Crippen LogP contribution in [0.5, 0.6) is 0 Å². The molecule has 0 saturated carbocycles. The van der Waals surface area contributed by atoms with Crippen LogP contribution in [0.15, 0.2) is 36.0 Å². The number of rotatable bonds is 1. The van der Waals surface area contributed by atoms with E-state index in [0.717, 1.165) is 11.3 Å². The largest absolute Gasteiger partial charge is 0.466 e. The lowest BCUT2D eigenvalue weighted by Crippen LogP contribution is -2.36. The van der Waals surface area contributed by atoms with E-state index in [4.69, 9.17) is 4.74 Å². The second-order valence-corrected chi connectivity index (χ2v) is 4.39. The fourth-order valence-electron chi connectivity index (χ4n) is 1.81. The maximum atomic E-state index is 5.96. The van der Waals surface area contributed by atoms with E-state index in [1.807, 2.05) is 18.2 Å². The molecule has 80 valence electrons. The maximum Gasteiger partial charge on any atom is 0.177 e. The number of allylic oxidation sites excluding steroid dienone is 1. The van der Waals surface area contributed by atoms with Gasteiger partial charge in [0.15, 0.2) is 5.72 Å². The predicted octanol–water partition coefficient (Wildman–Crippen LogP) is 3.07. The SMILES string of the molecule is CC1=C(c2ccccc2)OC(C)(C)N1C. The molecule has 0 radical (unpaired) electrons. The minimum Gasteiger partial charge on any atom is -0.466 e. The summed E-state index contributed by atoms with van der Waals surface area (Å²) in [6.45, 7) is 6.25. The molecule has 0 bridgehead atoms. The highest BCUT2D eigenvalue weighted by atomic mass is 16.5. The van der Waals surface area contributed by atoms with Gasteiger partial charge in [0.05, 0.1) is 5.70 Å². The van der Waals surface area contributed by atoms with Gasteiger partial charge in [-0.15, -0.1) is 0 Å². The molecule has 0 aromatic heterocycles. The molecular weight excluding hydrogens is 186 g/mol. The Balaban J connectivity index is 2.40. The van der Waals surface area contributed by atoms with Gasteiger partial charge in [0.25, 0.3) is 0 Å². The molecule has 0 aliphatic carbocycles. The van der Waals surface area contributed by atoms with Gasteiger partial charge in [-0.1, -0.05) is 30.3 Å². The zero-order chi connectivity index (χ0) is 11.1. The lowest BCUT2D eigenvalue weighted by molar-refractivity contribution is -0.0101. The van der Waals surface area contributed by atoms with Gasteiger partial charge in [0.2, 0.25) is 0 Å². The van der Waals surface area contributed by atoms with Crippen molar-refractivity contribution in [2.24, 2.45) is 0 Å².